The van der Waals surface area contributed by atoms with Gasteiger partial charge in [0.25, 0.3) is 5.91 Å². The molecule has 4 rings (SSSR count). The smallest absolute Gasteiger partial charge is 0.274 e. The maximum absolute atomic E-state index is 13.1. The first kappa shape index (κ1) is 18.7. The van der Waals surface area contributed by atoms with Crippen molar-refractivity contribution in [1.82, 2.24) is 20.0 Å². The molecule has 1 N–H and O–H groups in total. The number of rotatable bonds is 5. The zero-order valence-corrected chi connectivity index (χ0v) is 16.8. The second-order valence-corrected chi connectivity index (χ2v) is 8.10. The molecule has 1 aromatic carbocycles. The van der Waals surface area contributed by atoms with Crippen LogP contribution in [0.15, 0.2) is 30.3 Å². The second kappa shape index (κ2) is 7.41. The summed E-state index contributed by atoms with van der Waals surface area (Å²) in [6.07, 6.45) is 1.95. The number of amides is 2. The first-order chi connectivity index (χ1) is 13.5. The fraction of sp³-hybridized carbons (Fsp3) is 0.500. The normalized spacial score (nSPS) is 21.8. The zero-order chi connectivity index (χ0) is 19.8. The van der Waals surface area contributed by atoms with Gasteiger partial charge in [0, 0.05) is 37.2 Å². The monoisotopic (exact) mass is 380 g/mol. The standard InChI is InChI=1S/C22H28N4O2/c1-4-26-15(3)11-19(24-26)22(28)25-12-18(16-7-5-14(2)6-8-16)20(13-25)23-21(27)17-9-10-17/h5-8,11,17-18,20H,4,9-10,12-13H2,1-3H3,(H,23,27)/t18-,20+/m1/s1. The summed E-state index contributed by atoms with van der Waals surface area (Å²) in [6.45, 7) is 7.90. The van der Waals surface area contributed by atoms with Crippen molar-refractivity contribution in [3.63, 3.8) is 0 Å². The van der Waals surface area contributed by atoms with E-state index in [4.69, 9.17) is 0 Å². The minimum atomic E-state index is -0.0610. The van der Waals surface area contributed by atoms with Crippen LogP contribution in [-0.2, 0) is 11.3 Å². The Morgan fingerprint density at radius 1 is 1.14 bits per heavy atom. The molecule has 1 saturated carbocycles. The first-order valence-corrected chi connectivity index (χ1v) is 10.2. The largest absolute Gasteiger partial charge is 0.351 e. The Kier molecular flexibility index (Phi) is 4.96. The average Bonchev–Trinajstić information content (AvgIpc) is 3.36. The molecular weight excluding hydrogens is 352 g/mol. The van der Waals surface area contributed by atoms with E-state index in [1.165, 1.54) is 5.56 Å². The summed E-state index contributed by atoms with van der Waals surface area (Å²) in [6, 6.07) is 10.2. The summed E-state index contributed by atoms with van der Waals surface area (Å²) in [5.41, 5.74) is 3.83. The number of carbonyl (C=O) groups excluding carboxylic acids is 2. The summed E-state index contributed by atoms with van der Waals surface area (Å²) in [4.78, 5) is 27.3. The highest BCUT2D eigenvalue weighted by Crippen LogP contribution is 2.32. The van der Waals surface area contributed by atoms with Gasteiger partial charge in [-0.05, 0) is 45.2 Å². The fourth-order valence-corrected chi connectivity index (χ4v) is 4.01. The molecule has 1 aliphatic carbocycles. The summed E-state index contributed by atoms with van der Waals surface area (Å²) in [5.74, 6) is 0.325. The minimum absolute atomic E-state index is 0.0596. The van der Waals surface area contributed by atoms with E-state index in [2.05, 4.69) is 41.6 Å². The highest BCUT2D eigenvalue weighted by Gasteiger charge is 2.40. The third kappa shape index (κ3) is 3.68. The molecule has 6 nitrogen and oxygen atoms in total. The van der Waals surface area contributed by atoms with E-state index in [0.717, 1.165) is 30.6 Å². The number of aromatic nitrogens is 2. The van der Waals surface area contributed by atoms with Crippen LogP contribution in [0.25, 0.3) is 0 Å². The van der Waals surface area contributed by atoms with E-state index >= 15 is 0 Å². The summed E-state index contributed by atoms with van der Waals surface area (Å²) < 4.78 is 1.84. The Balaban J connectivity index is 1.56. The minimum Gasteiger partial charge on any atom is -0.351 e. The maximum atomic E-state index is 13.1. The van der Waals surface area contributed by atoms with Crippen LogP contribution >= 0.6 is 0 Å². The van der Waals surface area contributed by atoms with E-state index in [0.29, 0.717) is 18.8 Å². The van der Waals surface area contributed by atoms with Crippen molar-refractivity contribution >= 4 is 11.8 Å². The molecule has 0 spiro atoms. The van der Waals surface area contributed by atoms with Crippen molar-refractivity contribution in [3.05, 3.63) is 52.8 Å². The lowest BCUT2D eigenvalue weighted by molar-refractivity contribution is -0.123. The number of likely N-dealkylation sites (tertiary alicyclic amines) is 1. The zero-order valence-electron chi connectivity index (χ0n) is 16.8. The van der Waals surface area contributed by atoms with Crippen LogP contribution in [0.4, 0.5) is 0 Å². The highest BCUT2D eigenvalue weighted by molar-refractivity contribution is 5.93. The molecule has 1 saturated heterocycles. The molecular formula is C22H28N4O2. The van der Waals surface area contributed by atoms with E-state index in [1.807, 2.05) is 29.5 Å². The Hall–Kier alpha value is -2.63. The highest BCUT2D eigenvalue weighted by atomic mass is 16.2. The molecule has 2 fully saturated rings. The molecule has 2 aromatic rings. The maximum Gasteiger partial charge on any atom is 0.274 e. The molecule has 148 valence electrons. The van der Waals surface area contributed by atoms with Crippen molar-refractivity contribution in [2.45, 2.75) is 52.1 Å². The number of nitrogens with one attached hydrogen (secondary N) is 1. The van der Waals surface area contributed by atoms with Crippen LogP contribution in [0, 0.1) is 19.8 Å². The second-order valence-electron chi connectivity index (χ2n) is 8.10. The van der Waals surface area contributed by atoms with Gasteiger partial charge in [-0.3, -0.25) is 14.3 Å². The van der Waals surface area contributed by atoms with Gasteiger partial charge >= 0.3 is 0 Å². The van der Waals surface area contributed by atoms with E-state index < -0.39 is 0 Å². The molecule has 0 unspecified atom stereocenters. The van der Waals surface area contributed by atoms with Gasteiger partial charge in [0.05, 0.1) is 6.04 Å². The van der Waals surface area contributed by atoms with Gasteiger partial charge in [0.1, 0.15) is 0 Å². The number of benzene rings is 1. The molecule has 1 aliphatic heterocycles. The Morgan fingerprint density at radius 2 is 1.86 bits per heavy atom. The van der Waals surface area contributed by atoms with Gasteiger partial charge in [-0.1, -0.05) is 29.8 Å². The van der Waals surface area contributed by atoms with Crippen LogP contribution in [0.1, 0.15) is 53.0 Å². The molecule has 6 heteroatoms. The molecule has 1 aromatic heterocycles. The number of aryl methyl sites for hydroxylation is 3. The van der Waals surface area contributed by atoms with Crippen molar-refractivity contribution < 1.29 is 9.59 Å². The van der Waals surface area contributed by atoms with Gasteiger partial charge in [-0.25, -0.2) is 0 Å². The summed E-state index contributed by atoms with van der Waals surface area (Å²) in [7, 11) is 0. The van der Waals surface area contributed by atoms with E-state index in [-0.39, 0.29) is 29.7 Å². The Morgan fingerprint density at radius 3 is 2.46 bits per heavy atom. The van der Waals surface area contributed by atoms with Gasteiger partial charge in [-0.2, -0.15) is 5.10 Å². The Labute approximate surface area is 165 Å². The summed E-state index contributed by atoms with van der Waals surface area (Å²) >= 11 is 0. The Bertz CT molecular complexity index is 882. The molecule has 0 radical (unpaired) electrons. The molecule has 2 amide bonds. The molecule has 0 bridgehead atoms. The first-order valence-electron chi connectivity index (χ1n) is 10.2. The SMILES string of the molecule is CCn1nc(C(=O)N2C[C@H](NC(=O)C3CC3)[C@@H](c3ccc(C)cc3)C2)cc1C. The topological polar surface area (TPSA) is 67.2 Å². The fourth-order valence-electron chi connectivity index (χ4n) is 4.01. The van der Waals surface area contributed by atoms with Crippen molar-refractivity contribution in [2.24, 2.45) is 5.92 Å². The summed E-state index contributed by atoms with van der Waals surface area (Å²) in [5, 5.41) is 7.65. The van der Waals surface area contributed by atoms with E-state index in [9.17, 15) is 9.59 Å². The number of carbonyl (C=O) groups is 2. The average molecular weight is 380 g/mol. The number of hydrogen-bond acceptors (Lipinski definition) is 3. The van der Waals surface area contributed by atoms with Gasteiger partial charge in [0.2, 0.25) is 5.91 Å². The quantitative estimate of drug-likeness (QED) is 0.867. The van der Waals surface area contributed by atoms with Crippen LogP contribution in [0.5, 0.6) is 0 Å². The molecule has 2 atom stereocenters. The van der Waals surface area contributed by atoms with Crippen LogP contribution < -0.4 is 5.32 Å². The molecule has 28 heavy (non-hydrogen) atoms. The number of hydrogen-bond donors (Lipinski definition) is 1. The third-order valence-electron chi connectivity index (χ3n) is 5.89. The molecule has 2 aliphatic rings. The predicted octanol–water partition coefficient (Wildman–Crippen LogP) is 2.65. The van der Waals surface area contributed by atoms with Crippen molar-refractivity contribution in [2.75, 3.05) is 13.1 Å². The van der Waals surface area contributed by atoms with Gasteiger partial charge in [-0.15, -0.1) is 0 Å². The van der Waals surface area contributed by atoms with Gasteiger partial charge < -0.3 is 10.2 Å². The van der Waals surface area contributed by atoms with Crippen LogP contribution in [0.2, 0.25) is 0 Å². The van der Waals surface area contributed by atoms with E-state index in [1.54, 1.807) is 0 Å². The number of nitrogens with zero attached hydrogens (tertiary/aromatic N) is 3. The molecule has 2 heterocycles. The predicted molar refractivity (Wildman–Crippen MR) is 107 cm³/mol. The lowest BCUT2D eigenvalue weighted by Crippen LogP contribution is -2.41. The lowest BCUT2D eigenvalue weighted by Gasteiger charge is -2.20. The lowest BCUT2D eigenvalue weighted by atomic mass is 9.93. The van der Waals surface area contributed by atoms with Crippen LogP contribution in [-0.4, -0.2) is 45.6 Å². The van der Waals surface area contributed by atoms with Gasteiger partial charge in [0.15, 0.2) is 5.69 Å². The van der Waals surface area contributed by atoms with Crippen LogP contribution in [0.3, 0.4) is 0 Å². The van der Waals surface area contributed by atoms with Crippen molar-refractivity contribution in [3.8, 4) is 0 Å². The van der Waals surface area contributed by atoms with Crippen molar-refractivity contribution in [1.29, 1.82) is 0 Å². The third-order valence-corrected chi connectivity index (χ3v) is 5.89.